The van der Waals surface area contributed by atoms with E-state index in [9.17, 15) is 9.59 Å². The zero-order valence-electron chi connectivity index (χ0n) is 15.0. The molecule has 0 fully saturated rings. The van der Waals surface area contributed by atoms with Crippen molar-refractivity contribution in [2.45, 2.75) is 26.8 Å². The van der Waals surface area contributed by atoms with Crippen LogP contribution in [0.2, 0.25) is 0 Å². The zero-order chi connectivity index (χ0) is 18.7. The average Bonchev–Trinajstić information content (AvgIpc) is 3.01. The number of aryl methyl sites for hydroxylation is 2. The fraction of sp³-hybridized carbons (Fsp3) is 0.250. The Morgan fingerprint density at radius 2 is 1.81 bits per heavy atom. The van der Waals surface area contributed by atoms with Gasteiger partial charge in [-0.2, -0.15) is 0 Å². The lowest BCUT2D eigenvalue weighted by molar-refractivity contribution is -0.120. The molecule has 0 saturated carbocycles. The summed E-state index contributed by atoms with van der Waals surface area (Å²) in [5.74, 6) is -0.528. The molecule has 0 aliphatic carbocycles. The van der Waals surface area contributed by atoms with Gasteiger partial charge >= 0.3 is 5.97 Å². The van der Waals surface area contributed by atoms with E-state index in [1.165, 1.54) is 7.11 Å². The lowest BCUT2D eigenvalue weighted by Gasteiger charge is -2.06. The molecule has 6 heteroatoms. The molecule has 3 aromatic rings. The molecule has 1 amide bonds. The van der Waals surface area contributed by atoms with E-state index >= 15 is 0 Å². The second kappa shape index (κ2) is 7.39. The van der Waals surface area contributed by atoms with E-state index in [0.29, 0.717) is 23.4 Å². The number of nitrogens with one attached hydrogen (secondary N) is 1. The highest BCUT2D eigenvalue weighted by Gasteiger charge is 2.13. The van der Waals surface area contributed by atoms with Gasteiger partial charge in [-0.05, 0) is 54.8 Å². The molecule has 26 heavy (non-hydrogen) atoms. The predicted octanol–water partition coefficient (Wildman–Crippen LogP) is 3.09. The molecule has 1 aromatic heterocycles. The van der Waals surface area contributed by atoms with Crippen molar-refractivity contribution < 1.29 is 18.8 Å². The first-order valence-corrected chi connectivity index (χ1v) is 8.27. The Labute approximate surface area is 151 Å². The number of amides is 1. The van der Waals surface area contributed by atoms with Crippen LogP contribution in [-0.2, 0) is 22.5 Å². The van der Waals surface area contributed by atoms with Gasteiger partial charge in [-0.15, -0.1) is 0 Å². The molecule has 134 valence electrons. The van der Waals surface area contributed by atoms with Crippen molar-refractivity contribution in [3.8, 4) is 0 Å². The smallest absolute Gasteiger partial charge is 0.337 e. The number of carbonyl (C=O) groups excluding carboxylic acids is 2. The zero-order valence-corrected chi connectivity index (χ0v) is 15.0. The predicted molar refractivity (Wildman–Crippen MR) is 96.8 cm³/mol. The van der Waals surface area contributed by atoms with Crippen molar-refractivity contribution in [2.75, 3.05) is 7.11 Å². The first kappa shape index (κ1) is 17.7. The number of rotatable bonds is 5. The van der Waals surface area contributed by atoms with Crippen molar-refractivity contribution in [1.82, 2.24) is 10.5 Å². The Hall–Kier alpha value is -3.15. The minimum absolute atomic E-state index is 0.143. The summed E-state index contributed by atoms with van der Waals surface area (Å²) in [6, 6.07) is 10.8. The highest BCUT2D eigenvalue weighted by atomic mass is 16.5. The van der Waals surface area contributed by atoms with Gasteiger partial charge in [0.05, 0.1) is 19.1 Å². The van der Waals surface area contributed by atoms with Gasteiger partial charge in [0, 0.05) is 11.9 Å². The molecule has 0 unspecified atom stereocenters. The first-order chi connectivity index (χ1) is 12.5. The summed E-state index contributed by atoms with van der Waals surface area (Å²) >= 11 is 0. The fourth-order valence-corrected chi connectivity index (χ4v) is 2.66. The summed E-state index contributed by atoms with van der Waals surface area (Å²) in [4.78, 5) is 23.6. The SMILES string of the molecule is COC(=O)c1ccc(CNC(=O)Cc2noc3cc(C)c(C)cc23)cc1. The van der Waals surface area contributed by atoms with Gasteiger partial charge in [-0.3, -0.25) is 4.79 Å². The third-order valence-electron chi connectivity index (χ3n) is 4.35. The lowest BCUT2D eigenvalue weighted by atomic mass is 10.1. The molecular weight excluding hydrogens is 332 g/mol. The quantitative estimate of drug-likeness (QED) is 0.714. The van der Waals surface area contributed by atoms with Crippen LogP contribution in [-0.4, -0.2) is 24.1 Å². The molecule has 0 aliphatic rings. The van der Waals surface area contributed by atoms with Gasteiger partial charge in [-0.25, -0.2) is 4.79 Å². The fourth-order valence-electron chi connectivity index (χ4n) is 2.66. The summed E-state index contributed by atoms with van der Waals surface area (Å²) in [6.07, 6.45) is 0.149. The second-order valence-electron chi connectivity index (χ2n) is 6.20. The van der Waals surface area contributed by atoms with E-state index in [1.807, 2.05) is 26.0 Å². The van der Waals surface area contributed by atoms with Gasteiger partial charge in [0.25, 0.3) is 0 Å². The molecular formula is C20H20N2O4. The summed E-state index contributed by atoms with van der Waals surface area (Å²) < 4.78 is 9.98. The number of carbonyl (C=O) groups is 2. The molecule has 6 nitrogen and oxygen atoms in total. The maximum Gasteiger partial charge on any atom is 0.337 e. The van der Waals surface area contributed by atoms with Crippen LogP contribution in [0.3, 0.4) is 0 Å². The van der Waals surface area contributed by atoms with E-state index in [0.717, 1.165) is 22.1 Å². The first-order valence-electron chi connectivity index (χ1n) is 8.27. The van der Waals surface area contributed by atoms with Crippen LogP contribution in [0.25, 0.3) is 11.0 Å². The number of nitrogens with zero attached hydrogens (tertiary/aromatic N) is 1. The molecule has 2 aromatic carbocycles. The van der Waals surface area contributed by atoms with Crippen LogP contribution in [0.1, 0.15) is 32.7 Å². The number of esters is 1. The van der Waals surface area contributed by atoms with E-state index in [2.05, 4.69) is 15.2 Å². The minimum atomic E-state index is -0.385. The number of hydrogen-bond acceptors (Lipinski definition) is 5. The third kappa shape index (κ3) is 3.74. The van der Waals surface area contributed by atoms with Crippen molar-refractivity contribution in [2.24, 2.45) is 0 Å². The van der Waals surface area contributed by atoms with E-state index in [-0.39, 0.29) is 18.3 Å². The van der Waals surface area contributed by atoms with Crippen LogP contribution in [0.15, 0.2) is 40.9 Å². The molecule has 0 aliphatic heterocycles. The third-order valence-corrected chi connectivity index (χ3v) is 4.35. The molecule has 1 N–H and O–H groups in total. The van der Waals surface area contributed by atoms with E-state index in [1.54, 1.807) is 24.3 Å². The van der Waals surface area contributed by atoms with Gasteiger partial charge in [-0.1, -0.05) is 17.3 Å². The largest absolute Gasteiger partial charge is 0.465 e. The van der Waals surface area contributed by atoms with Gasteiger partial charge in [0.1, 0.15) is 5.69 Å². The minimum Gasteiger partial charge on any atom is -0.465 e. The lowest BCUT2D eigenvalue weighted by Crippen LogP contribution is -2.24. The van der Waals surface area contributed by atoms with Crippen LogP contribution >= 0.6 is 0 Å². The highest BCUT2D eigenvalue weighted by Crippen LogP contribution is 2.23. The molecule has 0 saturated heterocycles. The number of benzene rings is 2. The van der Waals surface area contributed by atoms with Crippen molar-refractivity contribution in [3.05, 3.63) is 64.3 Å². The number of fused-ring (bicyclic) bond motifs is 1. The van der Waals surface area contributed by atoms with Crippen molar-refractivity contribution in [1.29, 1.82) is 0 Å². The van der Waals surface area contributed by atoms with Crippen LogP contribution in [0, 0.1) is 13.8 Å². The monoisotopic (exact) mass is 352 g/mol. The Balaban J connectivity index is 1.63. The summed E-state index contributed by atoms with van der Waals surface area (Å²) in [5, 5.41) is 7.75. The number of aromatic nitrogens is 1. The maximum atomic E-state index is 12.2. The van der Waals surface area contributed by atoms with Gasteiger partial charge < -0.3 is 14.6 Å². The Morgan fingerprint density at radius 3 is 2.50 bits per heavy atom. The molecule has 0 radical (unpaired) electrons. The topological polar surface area (TPSA) is 81.4 Å². The summed E-state index contributed by atoms with van der Waals surface area (Å²) in [5.41, 5.74) is 4.94. The van der Waals surface area contributed by atoms with E-state index < -0.39 is 0 Å². The average molecular weight is 352 g/mol. The highest BCUT2D eigenvalue weighted by molar-refractivity contribution is 5.89. The maximum absolute atomic E-state index is 12.2. The number of ether oxygens (including phenoxy) is 1. The van der Waals surface area contributed by atoms with Gasteiger partial charge in [0.2, 0.25) is 5.91 Å². The normalized spacial score (nSPS) is 10.7. The van der Waals surface area contributed by atoms with E-state index in [4.69, 9.17) is 4.52 Å². The Bertz CT molecular complexity index is 958. The van der Waals surface area contributed by atoms with Crippen LogP contribution in [0.5, 0.6) is 0 Å². The second-order valence-corrected chi connectivity index (χ2v) is 6.20. The molecule has 0 bridgehead atoms. The summed E-state index contributed by atoms with van der Waals surface area (Å²) in [7, 11) is 1.34. The van der Waals surface area contributed by atoms with Crippen molar-refractivity contribution in [3.63, 3.8) is 0 Å². The van der Waals surface area contributed by atoms with Crippen LogP contribution < -0.4 is 5.32 Å². The summed E-state index contributed by atoms with van der Waals surface area (Å²) in [6.45, 7) is 4.40. The van der Waals surface area contributed by atoms with Crippen molar-refractivity contribution >= 4 is 22.8 Å². The number of methoxy groups -OCH3 is 1. The standard InChI is InChI=1S/C20H20N2O4/c1-12-8-16-17(22-26-18(16)9-13(12)2)10-19(23)21-11-14-4-6-15(7-5-14)20(24)25-3/h4-9H,10-11H2,1-3H3,(H,21,23). The molecule has 0 spiro atoms. The number of hydrogen-bond donors (Lipinski definition) is 1. The molecule has 3 rings (SSSR count). The Morgan fingerprint density at radius 1 is 1.12 bits per heavy atom. The molecule has 1 heterocycles. The van der Waals surface area contributed by atoms with Gasteiger partial charge in [0.15, 0.2) is 5.58 Å². The molecule has 0 atom stereocenters. The Kier molecular flexibility index (Phi) is 5.02. The van der Waals surface area contributed by atoms with Crippen LogP contribution in [0.4, 0.5) is 0 Å².